The van der Waals surface area contributed by atoms with Gasteiger partial charge in [-0.15, -0.1) is 0 Å². The largest absolute Gasteiger partial charge is 0.497 e. The van der Waals surface area contributed by atoms with Crippen molar-refractivity contribution >= 4 is 17.6 Å². The van der Waals surface area contributed by atoms with E-state index in [0.717, 1.165) is 62.9 Å². The van der Waals surface area contributed by atoms with Gasteiger partial charge in [0.2, 0.25) is 5.60 Å². The van der Waals surface area contributed by atoms with Crippen molar-refractivity contribution in [3.8, 4) is 5.75 Å². The number of aliphatic hydroxyl groups is 1. The molecule has 5 aliphatic rings. The lowest BCUT2D eigenvalue weighted by Crippen LogP contribution is -2.81. The quantitative estimate of drug-likeness (QED) is 0.464. The number of likely N-dealkylation sites (N-methyl/N-ethyl adjacent to an activating group) is 1. The normalized spacial score (nSPS) is 37.8. The molecule has 206 valence electrons. The maximum absolute atomic E-state index is 13.9. The van der Waals surface area contributed by atoms with Crippen LogP contribution < -0.4 is 9.64 Å². The Morgan fingerprint density at radius 3 is 2.58 bits per heavy atom. The van der Waals surface area contributed by atoms with E-state index in [1.165, 1.54) is 7.11 Å². The molecule has 3 heterocycles. The SMILES string of the molecule is CC[C@]12C=CCN3CC[C@@]4(c5ccc(OC)cc5N(C)[C@H]4[C@@](O)(C(=O)OC)[C@@H]1OC(=O)C1CCCCC1)[C@@H]32. The van der Waals surface area contributed by atoms with Gasteiger partial charge in [0.15, 0.2) is 6.10 Å². The van der Waals surface area contributed by atoms with Gasteiger partial charge in [-0.05, 0) is 43.9 Å². The molecule has 0 aromatic heterocycles. The van der Waals surface area contributed by atoms with Crippen molar-refractivity contribution in [3.05, 3.63) is 35.9 Å². The van der Waals surface area contributed by atoms with E-state index in [-0.39, 0.29) is 17.9 Å². The molecule has 8 nitrogen and oxygen atoms in total. The highest BCUT2D eigenvalue weighted by Crippen LogP contribution is 2.67. The van der Waals surface area contributed by atoms with Gasteiger partial charge in [-0.25, -0.2) is 4.79 Å². The highest BCUT2D eigenvalue weighted by atomic mass is 16.6. The average Bonchev–Trinajstić information content (AvgIpc) is 3.46. The summed E-state index contributed by atoms with van der Waals surface area (Å²) in [7, 11) is 4.87. The molecule has 2 saturated carbocycles. The summed E-state index contributed by atoms with van der Waals surface area (Å²) in [6, 6.07) is 5.32. The lowest BCUT2D eigenvalue weighted by molar-refractivity contribution is -0.231. The van der Waals surface area contributed by atoms with Crippen molar-refractivity contribution in [2.45, 2.75) is 81.1 Å². The van der Waals surface area contributed by atoms with E-state index in [4.69, 9.17) is 14.2 Å². The molecule has 1 saturated heterocycles. The van der Waals surface area contributed by atoms with E-state index in [2.05, 4.69) is 30.0 Å². The molecule has 1 spiro atoms. The second-order valence-corrected chi connectivity index (χ2v) is 11.9. The number of methoxy groups -OCH3 is 2. The maximum atomic E-state index is 13.9. The molecule has 3 fully saturated rings. The Morgan fingerprint density at radius 2 is 1.89 bits per heavy atom. The molecule has 38 heavy (non-hydrogen) atoms. The standard InChI is InChI=1S/C30H40N2O6/c1-5-28-14-9-16-32-17-15-29(24(28)32)21-13-12-20(36-3)18-22(21)31(2)25(29)30(35,27(34)37-4)26(28)38-23(33)19-10-7-6-8-11-19/h9,12-14,18-19,24-26,35H,5-8,10-11,15-17H2,1-4H3/t24-,25+,26+,28+,29+,30-/m0/s1. The van der Waals surface area contributed by atoms with Crippen molar-refractivity contribution in [1.29, 1.82) is 0 Å². The fraction of sp³-hybridized carbons (Fsp3) is 0.667. The predicted molar refractivity (Wildman–Crippen MR) is 142 cm³/mol. The molecule has 8 heteroatoms. The summed E-state index contributed by atoms with van der Waals surface area (Å²) in [4.78, 5) is 32.0. The van der Waals surface area contributed by atoms with Crippen molar-refractivity contribution in [3.63, 3.8) is 0 Å². The van der Waals surface area contributed by atoms with Crippen LogP contribution in [0.5, 0.6) is 5.75 Å². The van der Waals surface area contributed by atoms with Crippen LogP contribution in [0.15, 0.2) is 30.4 Å². The first-order valence-corrected chi connectivity index (χ1v) is 14.1. The summed E-state index contributed by atoms with van der Waals surface area (Å²) >= 11 is 0. The zero-order chi connectivity index (χ0) is 26.9. The number of rotatable bonds is 5. The molecule has 3 aliphatic heterocycles. The molecule has 0 radical (unpaired) electrons. The van der Waals surface area contributed by atoms with E-state index in [1.807, 2.05) is 24.1 Å². The number of fused-ring (bicyclic) bond motifs is 1. The van der Waals surface area contributed by atoms with Gasteiger partial charge in [-0.3, -0.25) is 9.69 Å². The second-order valence-electron chi connectivity index (χ2n) is 11.9. The molecule has 6 rings (SSSR count). The second kappa shape index (κ2) is 8.98. The van der Waals surface area contributed by atoms with E-state index < -0.39 is 34.5 Å². The molecule has 0 bridgehead atoms. The number of carbonyl (C=O) groups excluding carboxylic acids is 2. The molecule has 6 atom stereocenters. The minimum atomic E-state index is -2.08. The summed E-state index contributed by atoms with van der Waals surface area (Å²) in [5.41, 5.74) is -1.37. The Morgan fingerprint density at radius 1 is 1.13 bits per heavy atom. The average molecular weight is 525 g/mol. The van der Waals surface area contributed by atoms with E-state index in [9.17, 15) is 14.7 Å². The number of hydrogen-bond donors (Lipinski definition) is 1. The van der Waals surface area contributed by atoms with Crippen LogP contribution in [0.2, 0.25) is 0 Å². The smallest absolute Gasteiger partial charge is 0.344 e. The minimum Gasteiger partial charge on any atom is -0.497 e. The molecule has 0 amide bonds. The van der Waals surface area contributed by atoms with Crippen LogP contribution in [0.1, 0.15) is 57.4 Å². The zero-order valence-corrected chi connectivity index (χ0v) is 22.9. The molecular formula is C30H40N2O6. The third kappa shape index (κ3) is 3.10. The first-order valence-electron chi connectivity index (χ1n) is 14.1. The van der Waals surface area contributed by atoms with Gasteiger partial charge < -0.3 is 24.2 Å². The Kier molecular flexibility index (Phi) is 6.07. The van der Waals surface area contributed by atoms with Gasteiger partial charge in [0.05, 0.1) is 26.2 Å². The summed E-state index contributed by atoms with van der Waals surface area (Å²) in [5, 5.41) is 12.9. The predicted octanol–water partition coefficient (Wildman–Crippen LogP) is 3.20. The first kappa shape index (κ1) is 25.7. The fourth-order valence-electron chi connectivity index (χ4n) is 9.06. The number of hydrogen-bond acceptors (Lipinski definition) is 8. The summed E-state index contributed by atoms with van der Waals surface area (Å²) in [5.74, 6) is -0.548. The number of ether oxygens (including phenoxy) is 3. The Balaban J connectivity index is 1.58. The van der Waals surface area contributed by atoms with Crippen molar-refractivity contribution < 1.29 is 28.9 Å². The third-order valence-corrected chi connectivity index (χ3v) is 10.5. The van der Waals surface area contributed by atoms with E-state index in [1.54, 1.807) is 7.11 Å². The first-order chi connectivity index (χ1) is 18.3. The number of esters is 2. The zero-order valence-electron chi connectivity index (χ0n) is 22.9. The van der Waals surface area contributed by atoms with Crippen LogP contribution in [0.4, 0.5) is 5.69 Å². The van der Waals surface area contributed by atoms with Gasteiger partial charge >= 0.3 is 11.9 Å². The number of anilines is 1. The number of carbonyl (C=O) groups is 2. The highest BCUT2D eigenvalue weighted by Gasteiger charge is 2.80. The van der Waals surface area contributed by atoms with Gasteiger partial charge in [-0.2, -0.15) is 0 Å². The van der Waals surface area contributed by atoms with Crippen molar-refractivity contribution in [1.82, 2.24) is 4.90 Å². The third-order valence-electron chi connectivity index (χ3n) is 10.5. The highest BCUT2D eigenvalue weighted by molar-refractivity contribution is 5.87. The molecule has 1 aromatic carbocycles. The maximum Gasteiger partial charge on any atom is 0.344 e. The topological polar surface area (TPSA) is 88.5 Å². The van der Waals surface area contributed by atoms with Crippen LogP contribution >= 0.6 is 0 Å². The van der Waals surface area contributed by atoms with Crippen LogP contribution in [0, 0.1) is 11.3 Å². The lowest BCUT2D eigenvalue weighted by Gasteiger charge is -2.63. The minimum absolute atomic E-state index is 0.0545. The fourth-order valence-corrected chi connectivity index (χ4v) is 9.06. The van der Waals surface area contributed by atoms with Crippen LogP contribution in [0.3, 0.4) is 0 Å². The lowest BCUT2D eigenvalue weighted by atomic mass is 9.47. The van der Waals surface area contributed by atoms with Gasteiger partial charge in [0.25, 0.3) is 0 Å². The summed E-state index contributed by atoms with van der Waals surface area (Å²) in [6.07, 6.45) is 9.22. The van der Waals surface area contributed by atoms with Gasteiger partial charge in [0, 0.05) is 42.2 Å². The van der Waals surface area contributed by atoms with Gasteiger partial charge in [-0.1, -0.05) is 44.4 Å². The van der Waals surface area contributed by atoms with Gasteiger partial charge in [0.1, 0.15) is 5.75 Å². The molecule has 0 unspecified atom stereocenters. The molecule has 1 aromatic rings. The number of benzene rings is 1. The van der Waals surface area contributed by atoms with Crippen LogP contribution in [0.25, 0.3) is 0 Å². The number of nitrogens with zero attached hydrogens (tertiary/aromatic N) is 2. The van der Waals surface area contributed by atoms with Crippen LogP contribution in [-0.2, 0) is 24.5 Å². The monoisotopic (exact) mass is 524 g/mol. The summed E-state index contributed by atoms with van der Waals surface area (Å²) in [6.45, 7) is 3.69. The van der Waals surface area contributed by atoms with Crippen molar-refractivity contribution in [2.24, 2.45) is 11.3 Å². The molecule has 2 aliphatic carbocycles. The van der Waals surface area contributed by atoms with E-state index >= 15 is 0 Å². The Hall–Kier alpha value is -2.58. The molecule has 1 N–H and O–H groups in total. The van der Waals surface area contributed by atoms with Crippen molar-refractivity contribution in [2.75, 3.05) is 39.3 Å². The van der Waals surface area contributed by atoms with Crippen LogP contribution in [-0.4, -0.2) is 80.1 Å². The summed E-state index contributed by atoms with van der Waals surface area (Å²) < 4.78 is 17.3. The Labute approximate surface area is 224 Å². The Bertz CT molecular complexity index is 1160. The molecular weight excluding hydrogens is 484 g/mol. The van der Waals surface area contributed by atoms with E-state index in [0.29, 0.717) is 12.2 Å².